The van der Waals surface area contributed by atoms with Crippen molar-refractivity contribution in [3.05, 3.63) is 48.2 Å². The van der Waals surface area contributed by atoms with E-state index in [0.29, 0.717) is 24.3 Å². The molecule has 168 valence electrons. The van der Waals surface area contributed by atoms with Crippen LogP contribution in [-0.2, 0) is 14.3 Å². The smallest absolute Gasteiger partial charge is 0.306 e. The molecule has 1 aliphatic heterocycles. The molecule has 2 atom stereocenters. The standard InChI is InChI=1S/C24H28N4O4/c25-23(26)16-7-10-21(27-13-16)15-5-8-19(9-6-15)31-14-18-11-17(24(30)28-18)12-22(29)32-20-3-1-2-4-20/h5-10,13,17-18,20H,1-4,11-12,14H2,(H3,25,26)(H,28,30)/t17-,18-/m0/s1. The lowest BCUT2D eigenvalue weighted by Gasteiger charge is -2.13. The van der Waals surface area contributed by atoms with Crippen LogP contribution >= 0.6 is 0 Å². The van der Waals surface area contributed by atoms with Gasteiger partial charge in [-0.2, -0.15) is 0 Å². The fourth-order valence-electron chi connectivity index (χ4n) is 4.20. The Hall–Kier alpha value is -3.42. The van der Waals surface area contributed by atoms with Gasteiger partial charge in [0.05, 0.1) is 24.1 Å². The first-order chi connectivity index (χ1) is 15.5. The monoisotopic (exact) mass is 436 g/mol. The highest BCUT2D eigenvalue weighted by Crippen LogP contribution is 2.25. The maximum Gasteiger partial charge on any atom is 0.306 e. The molecule has 1 saturated heterocycles. The van der Waals surface area contributed by atoms with E-state index in [9.17, 15) is 9.59 Å². The summed E-state index contributed by atoms with van der Waals surface area (Å²) in [5.74, 6) is -0.0762. The second-order valence-electron chi connectivity index (χ2n) is 8.42. The molecule has 0 unspecified atom stereocenters. The van der Waals surface area contributed by atoms with E-state index in [1.165, 1.54) is 0 Å². The third kappa shape index (κ3) is 5.43. The van der Waals surface area contributed by atoms with Crippen LogP contribution in [0.25, 0.3) is 11.3 Å². The third-order valence-electron chi connectivity index (χ3n) is 5.98. The maximum absolute atomic E-state index is 12.2. The van der Waals surface area contributed by atoms with Gasteiger partial charge in [-0.25, -0.2) is 0 Å². The molecule has 0 radical (unpaired) electrons. The Morgan fingerprint density at radius 3 is 2.56 bits per heavy atom. The molecule has 0 spiro atoms. The lowest BCUT2D eigenvalue weighted by atomic mass is 10.0. The van der Waals surface area contributed by atoms with Gasteiger partial charge in [0.1, 0.15) is 24.3 Å². The van der Waals surface area contributed by atoms with E-state index >= 15 is 0 Å². The highest BCUT2D eigenvalue weighted by molar-refractivity contribution is 5.94. The molecule has 2 fully saturated rings. The number of amidine groups is 1. The van der Waals surface area contributed by atoms with Crippen molar-refractivity contribution in [2.24, 2.45) is 11.7 Å². The van der Waals surface area contributed by atoms with Crippen LogP contribution in [0.2, 0.25) is 0 Å². The molecule has 32 heavy (non-hydrogen) atoms. The molecular formula is C24H28N4O4. The molecule has 4 N–H and O–H groups in total. The predicted octanol–water partition coefficient (Wildman–Crippen LogP) is 2.79. The zero-order valence-corrected chi connectivity index (χ0v) is 17.9. The zero-order valence-electron chi connectivity index (χ0n) is 17.9. The summed E-state index contributed by atoms with van der Waals surface area (Å²) in [6, 6.07) is 11.0. The Labute approximate surface area is 187 Å². The van der Waals surface area contributed by atoms with Gasteiger partial charge in [-0.3, -0.25) is 20.0 Å². The first-order valence-electron chi connectivity index (χ1n) is 11.0. The number of nitrogen functional groups attached to an aromatic ring is 1. The Kier molecular flexibility index (Phi) is 6.68. The van der Waals surface area contributed by atoms with Gasteiger partial charge in [0.2, 0.25) is 5.91 Å². The molecule has 1 aromatic carbocycles. The van der Waals surface area contributed by atoms with Gasteiger partial charge < -0.3 is 20.5 Å². The number of ether oxygens (including phenoxy) is 2. The van der Waals surface area contributed by atoms with E-state index in [4.69, 9.17) is 20.6 Å². The highest BCUT2D eigenvalue weighted by atomic mass is 16.5. The van der Waals surface area contributed by atoms with Gasteiger partial charge >= 0.3 is 5.97 Å². The van der Waals surface area contributed by atoms with Crippen LogP contribution in [-0.4, -0.2) is 41.4 Å². The first kappa shape index (κ1) is 21.8. The Morgan fingerprint density at radius 1 is 1.16 bits per heavy atom. The van der Waals surface area contributed by atoms with Crippen molar-refractivity contribution in [1.82, 2.24) is 10.3 Å². The van der Waals surface area contributed by atoms with Gasteiger partial charge in [0.25, 0.3) is 0 Å². The maximum atomic E-state index is 12.2. The van der Waals surface area contributed by atoms with Crippen molar-refractivity contribution >= 4 is 17.7 Å². The summed E-state index contributed by atoms with van der Waals surface area (Å²) in [5, 5.41) is 10.3. The van der Waals surface area contributed by atoms with E-state index in [0.717, 1.165) is 36.9 Å². The van der Waals surface area contributed by atoms with E-state index in [1.54, 1.807) is 12.3 Å². The zero-order chi connectivity index (χ0) is 22.5. The van der Waals surface area contributed by atoms with E-state index in [1.807, 2.05) is 30.3 Å². The number of amides is 1. The van der Waals surface area contributed by atoms with Crippen LogP contribution in [0.15, 0.2) is 42.6 Å². The van der Waals surface area contributed by atoms with Crippen molar-refractivity contribution in [3.8, 4) is 17.0 Å². The van der Waals surface area contributed by atoms with Gasteiger partial charge in [-0.1, -0.05) is 0 Å². The van der Waals surface area contributed by atoms with Gasteiger partial charge in [-0.15, -0.1) is 0 Å². The third-order valence-corrected chi connectivity index (χ3v) is 5.98. The van der Waals surface area contributed by atoms with Crippen LogP contribution in [0.5, 0.6) is 5.75 Å². The predicted molar refractivity (Wildman–Crippen MR) is 119 cm³/mol. The number of nitrogens with zero attached hydrogens (tertiary/aromatic N) is 1. The molecule has 0 bridgehead atoms. The SMILES string of the molecule is N=C(N)c1ccc(-c2ccc(OC[C@@H]3C[C@@H](CC(=O)OC4CCCC4)C(=O)N3)cc2)nc1. The lowest BCUT2D eigenvalue weighted by molar-refractivity contribution is -0.151. The van der Waals surface area contributed by atoms with E-state index in [-0.39, 0.29) is 42.2 Å². The number of hydrogen-bond acceptors (Lipinski definition) is 6. The first-order valence-corrected chi connectivity index (χ1v) is 11.0. The summed E-state index contributed by atoms with van der Waals surface area (Å²) in [7, 11) is 0. The second kappa shape index (κ2) is 9.80. The van der Waals surface area contributed by atoms with E-state index < -0.39 is 0 Å². The largest absolute Gasteiger partial charge is 0.491 e. The molecule has 1 aliphatic carbocycles. The number of carbonyl (C=O) groups is 2. The van der Waals surface area contributed by atoms with Crippen molar-refractivity contribution < 1.29 is 19.1 Å². The van der Waals surface area contributed by atoms with Crippen molar-refractivity contribution in [3.63, 3.8) is 0 Å². The van der Waals surface area contributed by atoms with Gasteiger partial charge in [0, 0.05) is 17.3 Å². The molecule has 4 rings (SSSR count). The average Bonchev–Trinajstić information content (AvgIpc) is 3.42. The molecule has 2 aromatic rings. The molecule has 2 aliphatic rings. The Bertz CT molecular complexity index is 968. The minimum atomic E-state index is -0.357. The molecule has 8 nitrogen and oxygen atoms in total. The number of nitrogens with two attached hydrogens (primary N) is 1. The van der Waals surface area contributed by atoms with Crippen molar-refractivity contribution in [2.75, 3.05) is 6.61 Å². The lowest BCUT2D eigenvalue weighted by Crippen LogP contribution is -2.31. The summed E-state index contributed by atoms with van der Waals surface area (Å²) in [5.41, 5.74) is 7.73. The number of benzene rings is 1. The molecule has 1 saturated carbocycles. The summed E-state index contributed by atoms with van der Waals surface area (Å²) < 4.78 is 11.3. The topological polar surface area (TPSA) is 127 Å². The van der Waals surface area contributed by atoms with Crippen LogP contribution in [0.1, 0.15) is 44.1 Å². The van der Waals surface area contributed by atoms with Gasteiger partial charge in [-0.05, 0) is 68.5 Å². The summed E-state index contributed by atoms with van der Waals surface area (Å²) in [6.07, 6.45) is 6.35. The highest BCUT2D eigenvalue weighted by Gasteiger charge is 2.34. The van der Waals surface area contributed by atoms with Crippen LogP contribution in [0, 0.1) is 11.3 Å². The normalized spacial score (nSPS) is 20.7. The summed E-state index contributed by atoms with van der Waals surface area (Å²) in [6.45, 7) is 0.338. The second-order valence-corrected chi connectivity index (χ2v) is 8.42. The van der Waals surface area contributed by atoms with Crippen LogP contribution in [0.3, 0.4) is 0 Å². The molecular weight excluding hydrogens is 408 g/mol. The summed E-state index contributed by atoms with van der Waals surface area (Å²) >= 11 is 0. The quantitative estimate of drug-likeness (QED) is 0.332. The number of rotatable bonds is 8. The molecule has 8 heteroatoms. The molecule has 1 amide bonds. The number of esters is 1. The fourth-order valence-corrected chi connectivity index (χ4v) is 4.20. The fraction of sp³-hybridized carbons (Fsp3) is 0.417. The number of nitrogens with one attached hydrogen (secondary N) is 2. The Balaban J connectivity index is 1.25. The number of carbonyl (C=O) groups excluding carboxylic acids is 2. The minimum absolute atomic E-state index is 0.0141. The average molecular weight is 437 g/mol. The molecule has 2 heterocycles. The minimum Gasteiger partial charge on any atom is -0.491 e. The Morgan fingerprint density at radius 2 is 1.91 bits per heavy atom. The van der Waals surface area contributed by atoms with Crippen molar-refractivity contribution in [2.45, 2.75) is 50.7 Å². The van der Waals surface area contributed by atoms with E-state index in [2.05, 4.69) is 10.3 Å². The number of aromatic nitrogens is 1. The molecule has 1 aromatic heterocycles. The van der Waals surface area contributed by atoms with Gasteiger partial charge in [0.15, 0.2) is 0 Å². The summed E-state index contributed by atoms with van der Waals surface area (Å²) in [4.78, 5) is 28.7. The van der Waals surface area contributed by atoms with Crippen molar-refractivity contribution in [1.29, 1.82) is 5.41 Å². The number of pyridine rings is 1. The van der Waals surface area contributed by atoms with Crippen LogP contribution < -0.4 is 15.8 Å². The number of hydrogen-bond donors (Lipinski definition) is 3. The van der Waals surface area contributed by atoms with Crippen LogP contribution in [0.4, 0.5) is 0 Å².